The zero-order chi connectivity index (χ0) is 12.3. The summed E-state index contributed by atoms with van der Waals surface area (Å²) in [7, 11) is 0. The number of rotatable bonds is 4. The van der Waals surface area contributed by atoms with Crippen molar-refractivity contribution in [3.63, 3.8) is 0 Å². The van der Waals surface area contributed by atoms with Crippen molar-refractivity contribution in [3.8, 4) is 0 Å². The Morgan fingerprint density at radius 1 is 1.41 bits per heavy atom. The zero-order valence-electron chi connectivity index (χ0n) is 9.90. The third kappa shape index (κ3) is 3.15. The van der Waals surface area contributed by atoms with E-state index in [1.54, 1.807) is 11.3 Å². The van der Waals surface area contributed by atoms with E-state index < -0.39 is 0 Å². The molecule has 4 heteroatoms. The van der Waals surface area contributed by atoms with Crippen molar-refractivity contribution in [1.29, 1.82) is 0 Å². The van der Waals surface area contributed by atoms with E-state index in [-0.39, 0.29) is 6.04 Å². The van der Waals surface area contributed by atoms with E-state index in [4.69, 9.17) is 0 Å². The standard InChI is InChI=1S/C13H15BrN2S/c1-3-16-13(12-5-11(14)8-17-12)10-4-9(2)6-15-7-10/h4-8,13,16H,3H2,1-2H3. The van der Waals surface area contributed by atoms with Crippen LogP contribution in [0.4, 0.5) is 0 Å². The lowest BCUT2D eigenvalue weighted by Crippen LogP contribution is -2.21. The Kier molecular flexibility index (Phi) is 4.31. The summed E-state index contributed by atoms with van der Waals surface area (Å²) in [5, 5.41) is 5.62. The largest absolute Gasteiger partial charge is 0.306 e. The van der Waals surface area contributed by atoms with E-state index >= 15 is 0 Å². The average Bonchev–Trinajstić information content (AvgIpc) is 2.72. The van der Waals surface area contributed by atoms with E-state index in [0.29, 0.717) is 0 Å². The van der Waals surface area contributed by atoms with E-state index in [1.807, 2.05) is 12.4 Å². The van der Waals surface area contributed by atoms with Crippen LogP contribution in [0.15, 0.2) is 34.4 Å². The molecule has 2 heterocycles. The van der Waals surface area contributed by atoms with E-state index in [1.165, 1.54) is 16.0 Å². The Morgan fingerprint density at radius 3 is 2.82 bits per heavy atom. The normalized spacial score (nSPS) is 12.6. The van der Waals surface area contributed by atoms with Crippen molar-refractivity contribution in [3.05, 3.63) is 50.4 Å². The molecule has 1 unspecified atom stereocenters. The fourth-order valence-electron chi connectivity index (χ4n) is 1.80. The van der Waals surface area contributed by atoms with Crippen molar-refractivity contribution in [1.82, 2.24) is 10.3 Å². The maximum absolute atomic E-state index is 4.27. The van der Waals surface area contributed by atoms with Crippen LogP contribution >= 0.6 is 27.3 Å². The van der Waals surface area contributed by atoms with Gasteiger partial charge in [-0.1, -0.05) is 13.0 Å². The van der Waals surface area contributed by atoms with Gasteiger partial charge in [0, 0.05) is 27.1 Å². The fourth-order valence-corrected chi connectivity index (χ4v) is 3.35. The molecule has 0 bridgehead atoms. The molecule has 0 saturated carbocycles. The van der Waals surface area contributed by atoms with E-state index in [0.717, 1.165) is 11.0 Å². The van der Waals surface area contributed by atoms with Crippen molar-refractivity contribution in [2.24, 2.45) is 0 Å². The third-order valence-corrected chi connectivity index (χ3v) is 4.27. The molecule has 0 fully saturated rings. The lowest BCUT2D eigenvalue weighted by atomic mass is 10.1. The van der Waals surface area contributed by atoms with Crippen LogP contribution in [0.1, 0.15) is 29.0 Å². The molecule has 2 aromatic heterocycles. The monoisotopic (exact) mass is 310 g/mol. The highest BCUT2D eigenvalue weighted by molar-refractivity contribution is 9.10. The number of hydrogen-bond donors (Lipinski definition) is 1. The number of nitrogens with zero attached hydrogens (tertiary/aromatic N) is 1. The summed E-state index contributed by atoms with van der Waals surface area (Å²) >= 11 is 5.27. The summed E-state index contributed by atoms with van der Waals surface area (Å²) in [4.78, 5) is 5.58. The molecule has 0 saturated heterocycles. The second kappa shape index (κ2) is 5.76. The van der Waals surface area contributed by atoms with Gasteiger partial charge in [0.05, 0.1) is 6.04 Å². The minimum atomic E-state index is 0.240. The molecule has 1 atom stereocenters. The van der Waals surface area contributed by atoms with Crippen molar-refractivity contribution in [2.45, 2.75) is 19.9 Å². The van der Waals surface area contributed by atoms with Crippen LogP contribution in [-0.2, 0) is 0 Å². The van der Waals surface area contributed by atoms with Crippen LogP contribution < -0.4 is 5.32 Å². The molecule has 0 spiro atoms. The van der Waals surface area contributed by atoms with Crippen LogP contribution in [0.5, 0.6) is 0 Å². The molecule has 1 N–H and O–H groups in total. The molecule has 0 aliphatic rings. The van der Waals surface area contributed by atoms with Gasteiger partial charge in [-0.05, 0) is 46.6 Å². The van der Waals surface area contributed by atoms with Crippen LogP contribution in [0.25, 0.3) is 0 Å². The number of pyridine rings is 1. The van der Waals surface area contributed by atoms with Crippen molar-refractivity contribution < 1.29 is 0 Å². The molecule has 0 amide bonds. The smallest absolute Gasteiger partial charge is 0.0686 e. The number of aryl methyl sites for hydroxylation is 1. The summed E-state index contributed by atoms with van der Waals surface area (Å²) in [5.41, 5.74) is 2.42. The van der Waals surface area contributed by atoms with Crippen LogP contribution in [-0.4, -0.2) is 11.5 Å². The number of hydrogen-bond acceptors (Lipinski definition) is 3. The molecule has 0 aromatic carbocycles. The molecule has 2 rings (SSSR count). The van der Waals surface area contributed by atoms with Crippen molar-refractivity contribution in [2.75, 3.05) is 6.54 Å². The SMILES string of the molecule is CCNC(c1cncc(C)c1)c1cc(Br)cs1. The summed E-state index contributed by atoms with van der Waals surface area (Å²) in [6.07, 6.45) is 3.82. The van der Waals surface area contributed by atoms with Crippen molar-refractivity contribution >= 4 is 27.3 Å². The maximum Gasteiger partial charge on any atom is 0.0686 e. The number of nitrogens with one attached hydrogen (secondary N) is 1. The second-order valence-corrected chi connectivity index (χ2v) is 5.81. The molecule has 90 valence electrons. The molecule has 0 aliphatic heterocycles. The van der Waals surface area contributed by atoms with Gasteiger partial charge in [0.2, 0.25) is 0 Å². The van der Waals surface area contributed by atoms with E-state index in [9.17, 15) is 0 Å². The first-order chi connectivity index (χ1) is 8.20. The first-order valence-corrected chi connectivity index (χ1v) is 7.27. The molecule has 2 nitrogen and oxygen atoms in total. The Morgan fingerprint density at radius 2 is 2.24 bits per heavy atom. The van der Waals surface area contributed by atoms with Gasteiger partial charge in [-0.2, -0.15) is 0 Å². The van der Waals surface area contributed by atoms with Gasteiger partial charge in [-0.15, -0.1) is 11.3 Å². The van der Waals surface area contributed by atoms with Crippen LogP contribution in [0.3, 0.4) is 0 Å². The predicted molar refractivity (Wildman–Crippen MR) is 76.5 cm³/mol. The molecular weight excluding hydrogens is 296 g/mol. The summed E-state index contributed by atoms with van der Waals surface area (Å²) in [6, 6.07) is 4.59. The topological polar surface area (TPSA) is 24.9 Å². The first kappa shape index (κ1) is 12.7. The second-order valence-electron chi connectivity index (χ2n) is 3.95. The number of halogens is 1. The predicted octanol–water partition coefficient (Wildman–Crippen LogP) is 3.91. The van der Waals surface area contributed by atoms with Crippen LogP contribution in [0.2, 0.25) is 0 Å². The first-order valence-electron chi connectivity index (χ1n) is 5.59. The zero-order valence-corrected chi connectivity index (χ0v) is 12.3. The minimum absolute atomic E-state index is 0.240. The maximum atomic E-state index is 4.27. The average molecular weight is 311 g/mol. The molecule has 0 aliphatic carbocycles. The summed E-state index contributed by atoms with van der Waals surface area (Å²) in [6.45, 7) is 5.14. The Balaban J connectivity index is 2.35. The van der Waals surface area contributed by atoms with Gasteiger partial charge >= 0.3 is 0 Å². The summed E-state index contributed by atoms with van der Waals surface area (Å²) < 4.78 is 1.14. The lowest BCUT2D eigenvalue weighted by molar-refractivity contribution is 0.637. The molecule has 17 heavy (non-hydrogen) atoms. The van der Waals surface area contributed by atoms with Gasteiger partial charge in [0.15, 0.2) is 0 Å². The Hall–Kier alpha value is -0.710. The van der Waals surface area contributed by atoms with Gasteiger partial charge in [-0.3, -0.25) is 4.98 Å². The van der Waals surface area contributed by atoms with Gasteiger partial charge in [0.1, 0.15) is 0 Å². The molecular formula is C13H15BrN2S. The molecule has 2 aromatic rings. The minimum Gasteiger partial charge on any atom is -0.306 e. The Labute approximate surface area is 114 Å². The quantitative estimate of drug-likeness (QED) is 0.926. The van der Waals surface area contributed by atoms with E-state index in [2.05, 4.69) is 57.6 Å². The highest BCUT2D eigenvalue weighted by Gasteiger charge is 2.15. The highest BCUT2D eigenvalue weighted by Crippen LogP contribution is 2.29. The van der Waals surface area contributed by atoms with Crippen LogP contribution in [0, 0.1) is 6.92 Å². The fraction of sp³-hybridized carbons (Fsp3) is 0.308. The lowest BCUT2D eigenvalue weighted by Gasteiger charge is -2.16. The highest BCUT2D eigenvalue weighted by atomic mass is 79.9. The van der Waals surface area contributed by atoms with Gasteiger partial charge < -0.3 is 5.32 Å². The number of aromatic nitrogens is 1. The van der Waals surface area contributed by atoms with Gasteiger partial charge in [-0.25, -0.2) is 0 Å². The molecule has 0 radical (unpaired) electrons. The Bertz CT molecular complexity index is 496. The van der Waals surface area contributed by atoms with Gasteiger partial charge in [0.25, 0.3) is 0 Å². The number of thiophene rings is 1. The summed E-state index contributed by atoms with van der Waals surface area (Å²) in [5.74, 6) is 0. The third-order valence-electron chi connectivity index (χ3n) is 2.51.